The van der Waals surface area contributed by atoms with Crippen molar-refractivity contribution in [3.05, 3.63) is 45.3 Å². The molecule has 1 heterocycles. The second-order valence-corrected chi connectivity index (χ2v) is 4.99. The van der Waals surface area contributed by atoms with Gasteiger partial charge in [0, 0.05) is 22.3 Å². The average molecular weight is 295 g/mol. The van der Waals surface area contributed by atoms with E-state index < -0.39 is 0 Å². The molecular formula is C13H15BrN2O. The lowest BCUT2D eigenvalue weighted by Gasteiger charge is -2.08. The molecule has 3 nitrogen and oxygen atoms in total. The molecule has 0 aliphatic heterocycles. The zero-order valence-electron chi connectivity index (χ0n) is 10.2. The molecule has 0 saturated carbocycles. The quantitative estimate of drug-likeness (QED) is 0.931. The van der Waals surface area contributed by atoms with Crippen LogP contribution in [-0.2, 0) is 6.54 Å². The molecule has 1 aromatic carbocycles. The number of benzene rings is 1. The van der Waals surface area contributed by atoms with Crippen molar-refractivity contribution in [2.45, 2.75) is 27.3 Å². The van der Waals surface area contributed by atoms with Gasteiger partial charge in [-0.15, -0.1) is 0 Å². The fourth-order valence-electron chi connectivity index (χ4n) is 1.70. The number of anilines is 1. The Labute approximate surface area is 109 Å². The standard InChI is InChI=1S/C13H15BrN2O/c1-8-4-5-13(12(14)6-8)15-7-11-9(2)16-17-10(11)3/h4-6,15H,7H2,1-3H3. The molecule has 1 N–H and O–H groups in total. The summed E-state index contributed by atoms with van der Waals surface area (Å²) in [5, 5.41) is 7.32. The van der Waals surface area contributed by atoms with Crippen molar-refractivity contribution in [3.63, 3.8) is 0 Å². The van der Waals surface area contributed by atoms with E-state index in [9.17, 15) is 0 Å². The summed E-state index contributed by atoms with van der Waals surface area (Å²) in [6.07, 6.45) is 0. The molecule has 0 atom stereocenters. The average Bonchev–Trinajstić information content (AvgIpc) is 2.58. The largest absolute Gasteiger partial charge is 0.380 e. The van der Waals surface area contributed by atoms with E-state index in [4.69, 9.17) is 4.52 Å². The Balaban J connectivity index is 2.13. The smallest absolute Gasteiger partial charge is 0.138 e. The number of aryl methyl sites for hydroxylation is 3. The molecule has 0 unspecified atom stereocenters. The minimum absolute atomic E-state index is 0.725. The van der Waals surface area contributed by atoms with Crippen molar-refractivity contribution in [1.29, 1.82) is 0 Å². The normalized spacial score (nSPS) is 10.6. The van der Waals surface area contributed by atoms with Gasteiger partial charge in [0.1, 0.15) is 5.76 Å². The van der Waals surface area contributed by atoms with Crippen molar-refractivity contribution >= 4 is 21.6 Å². The van der Waals surface area contributed by atoms with Crippen LogP contribution in [0.4, 0.5) is 5.69 Å². The first-order chi connectivity index (χ1) is 8.08. The van der Waals surface area contributed by atoms with Gasteiger partial charge in [-0.25, -0.2) is 0 Å². The summed E-state index contributed by atoms with van der Waals surface area (Å²) < 4.78 is 6.20. The van der Waals surface area contributed by atoms with Gasteiger partial charge in [0.2, 0.25) is 0 Å². The molecule has 4 heteroatoms. The first-order valence-corrected chi connectivity index (χ1v) is 6.29. The first-order valence-electron chi connectivity index (χ1n) is 5.49. The molecule has 0 aliphatic rings. The van der Waals surface area contributed by atoms with E-state index >= 15 is 0 Å². The molecule has 0 bridgehead atoms. The van der Waals surface area contributed by atoms with Gasteiger partial charge in [0.05, 0.1) is 5.69 Å². The van der Waals surface area contributed by atoms with Crippen molar-refractivity contribution < 1.29 is 4.52 Å². The summed E-state index contributed by atoms with van der Waals surface area (Å²) in [5.41, 5.74) is 4.38. The molecule has 0 radical (unpaired) electrons. The molecule has 1 aromatic heterocycles. The van der Waals surface area contributed by atoms with Crippen LogP contribution in [0.15, 0.2) is 27.2 Å². The molecule has 0 saturated heterocycles. The Morgan fingerprint density at radius 1 is 1.29 bits per heavy atom. The lowest BCUT2D eigenvalue weighted by molar-refractivity contribution is 0.392. The topological polar surface area (TPSA) is 38.1 Å². The lowest BCUT2D eigenvalue weighted by atomic mass is 10.2. The van der Waals surface area contributed by atoms with E-state index in [1.807, 2.05) is 13.8 Å². The molecule has 0 aliphatic carbocycles. The van der Waals surface area contributed by atoms with Gasteiger partial charge < -0.3 is 9.84 Å². The molecule has 0 fully saturated rings. The highest BCUT2D eigenvalue weighted by Crippen LogP contribution is 2.24. The Hall–Kier alpha value is -1.29. The Morgan fingerprint density at radius 2 is 2.06 bits per heavy atom. The minimum atomic E-state index is 0.725. The van der Waals surface area contributed by atoms with E-state index in [1.54, 1.807) is 0 Å². The van der Waals surface area contributed by atoms with E-state index in [0.717, 1.165) is 33.7 Å². The molecule has 90 valence electrons. The Bertz CT molecular complexity index is 515. The van der Waals surface area contributed by atoms with Crippen LogP contribution in [0.1, 0.15) is 22.6 Å². The fraction of sp³-hybridized carbons (Fsp3) is 0.308. The van der Waals surface area contributed by atoms with Crippen LogP contribution in [-0.4, -0.2) is 5.16 Å². The van der Waals surface area contributed by atoms with Crippen LogP contribution in [0.25, 0.3) is 0 Å². The van der Waals surface area contributed by atoms with Gasteiger partial charge in [-0.3, -0.25) is 0 Å². The van der Waals surface area contributed by atoms with E-state index in [2.05, 4.69) is 51.5 Å². The van der Waals surface area contributed by atoms with Crippen molar-refractivity contribution in [2.24, 2.45) is 0 Å². The molecular weight excluding hydrogens is 280 g/mol. The zero-order chi connectivity index (χ0) is 12.4. The van der Waals surface area contributed by atoms with Gasteiger partial charge in [-0.05, 0) is 54.4 Å². The number of halogens is 1. The third-order valence-corrected chi connectivity index (χ3v) is 3.42. The van der Waals surface area contributed by atoms with Gasteiger partial charge in [-0.1, -0.05) is 11.2 Å². The Morgan fingerprint density at radius 3 is 2.65 bits per heavy atom. The third-order valence-electron chi connectivity index (χ3n) is 2.76. The second kappa shape index (κ2) is 4.92. The highest BCUT2D eigenvalue weighted by atomic mass is 79.9. The van der Waals surface area contributed by atoms with Crippen LogP contribution < -0.4 is 5.32 Å². The molecule has 0 spiro atoms. The number of aromatic nitrogens is 1. The van der Waals surface area contributed by atoms with Crippen LogP contribution >= 0.6 is 15.9 Å². The molecule has 17 heavy (non-hydrogen) atoms. The first kappa shape index (κ1) is 12.2. The van der Waals surface area contributed by atoms with Gasteiger partial charge in [0.25, 0.3) is 0 Å². The zero-order valence-corrected chi connectivity index (χ0v) is 11.8. The number of rotatable bonds is 3. The minimum Gasteiger partial charge on any atom is -0.380 e. The fourth-order valence-corrected chi connectivity index (χ4v) is 2.33. The summed E-state index contributed by atoms with van der Waals surface area (Å²) >= 11 is 3.55. The Kier molecular flexibility index (Phi) is 3.52. The third kappa shape index (κ3) is 2.69. The maximum atomic E-state index is 5.13. The number of hydrogen-bond acceptors (Lipinski definition) is 3. The van der Waals surface area contributed by atoms with Gasteiger partial charge >= 0.3 is 0 Å². The van der Waals surface area contributed by atoms with E-state index in [-0.39, 0.29) is 0 Å². The summed E-state index contributed by atoms with van der Waals surface area (Å²) in [4.78, 5) is 0. The van der Waals surface area contributed by atoms with Crippen molar-refractivity contribution in [1.82, 2.24) is 5.16 Å². The highest BCUT2D eigenvalue weighted by molar-refractivity contribution is 9.10. The van der Waals surface area contributed by atoms with Crippen molar-refractivity contribution in [3.8, 4) is 0 Å². The highest BCUT2D eigenvalue weighted by Gasteiger charge is 2.09. The number of nitrogens with one attached hydrogen (secondary N) is 1. The maximum absolute atomic E-state index is 5.13. The predicted molar refractivity (Wildman–Crippen MR) is 72.2 cm³/mol. The molecule has 2 aromatic rings. The molecule has 0 amide bonds. The van der Waals surface area contributed by atoms with Crippen molar-refractivity contribution in [2.75, 3.05) is 5.32 Å². The SMILES string of the molecule is Cc1ccc(NCc2c(C)noc2C)c(Br)c1. The predicted octanol–water partition coefficient (Wildman–Crippen LogP) is 3.97. The summed E-state index contributed by atoms with van der Waals surface area (Å²) in [7, 11) is 0. The number of hydrogen-bond donors (Lipinski definition) is 1. The summed E-state index contributed by atoms with van der Waals surface area (Å²) in [6, 6.07) is 6.24. The monoisotopic (exact) mass is 294 g/mol. The van der Waals surface area contributed by atoms with Crippen LogP contribution in [0.3, 0.4) is 0 Å². The van der Waals surface area contributed by atoms with Crippen LogP contribution in [0.2, 0.25) is 0 Å². The second-order valence-electron chi connectivity index (χ2n) is 4.14. The molecule has 2 rings (SSSR count). The number of nitrogens with zero attached hydrogens (tertiary/aromatic N) is 1. The summed E-state index contributed by atoms with van der Waals surface area (Å²) in [6.45, 7) is 6.69. The van der Waals surface area contributed by atoms with E-state index in [1.165, 1.54) is 5.56 Å². The van der Waals surface area contributed by atoms with Crippen LogP contribution in [0.5, 0.6) is 0 Å². The summed E-state index contributed by atoms with van der Waals surface area (Å²) in [5.74, 6) is 0.873. The van der Waals surface area contributed by atoms with Crippen LogP contribution in [0, 0.1) is 20.8 Å². The maximum Gasteiger partial charge on any atom is 0.138 e. The lowest BCUT2D eigenvalue weighted by Crippen LogP contribution is -2.02. The van der Waals surface area contributed by atoms with Gasteiger partial charge in [0.15, 0.2) is 0 Å². The van der Waals surface area contributed by atoms with E-state index in [0.29, 0.717) is 0 Å². The van der Waals surface area contributed by atoms with Gasteiger partial charge in [-0.2, -0.15) is 0 Å².